The molecule has 2 rings (SSSR count). The average molecular weight is 301 g/mol. The van der Waals surface area contributed by atoms with E-state index in [1.807, 2.05) is 37.3 Å². The second kappa shape index (κ2) is 7.18. The highest BCUT2D eigenvalue weighted by Gasteiger charge is 2.07. The second-order valence-corrected chi connectivity index (χ2v) is 5.93. The molecule has 0 heterocycles. The van der Waals surface area contributed by atoms with Gasteiger partial charge in [0.05, 0.1) is 12.2 Å². The molecule has 0 spiro atoms. The first-order valence-corrected chi connectivity index (χ1v) is 7.78. The van der Waals surface area contributed by atoms with E-state index in [0.29, 0.717) is 17.9 Å². The third kappa shape index (κ3) is 4.26. The van der Waals surface area contributed by atoms with E-state index in [9.17, 15) is 4.79 Å². The van der Waals surface area contributed by atoms with Crippen molar-refractivity contribution in [3.05, 3.63) is 53.6 Å². The van der Waals surface area contributed by atoms with Gasteiger partial charge >= 0.3 is 0 Å². The van der Waals surface area contributed by atoms with Gasteiger partial charge in [0.1, 0.15) is 5.75 Å². The summed E-state index contributed by atoms with van der Waals surface area (Å²) in [5.74, 6) is 1.43. The molecule has 0 fully saturated rings. The predicted octanol–water partition coefficient (Wildman–Crippen LogP) is 3.95. The third-order valence-corrected chi connectivity index (χ3v) is 4.07. The number of Topliss-reactive ketones (excluding diaryl/α,β-unsaturated/α-hetero) is 1. The molecule has 4 heteroatoms. The van der Waals surface area contributed by atoms with E-state index in [1.165, 1.54) is 5.56 Å². The number of aryl methyl sites for hydroxylation is 1. The maximum atomic E-state index is 11.5. The fraction of sp³-hybridized carbons (Fsp3) is 0.235. The van der Waals surface area contributed by atoms with Gasteiger partial charge in [-0.15, -0.1) is 11.8 Å². The van der Waals surface area contributed by atoms with Crippen LogP contribution < -0.4 is 10.5 Å². The number of ketones is 1. The Kier molecular flexibility index (Phi) is 5.28. The molecule has 2 aromatic carbocycles. The van der Waals surface area contributed by atoms with Crippen molar-refractivity contribution in [2.75, 3.05) is 18.1 Å². The van der Waals surface area contributed by atoms with Crippen molar-refractivity contribution in [3.63, 3.8) is 0 Å². The minimum absolute atomic E-state index is 0.0150. The standard InChI is InChI=1S/C17H19NO2S/c1-12-7-8-15(18)17(11-12)21-10-9-20-16-6-4-3-5-14(16)13(2)19/h3-8,11H,9-10,18H2,1-2H3. The number of hydrogen-bond acceptors (Lipinski definition) is 4. The van der Waals surface area contributed by atoms with Gasteiger partial charge in [-0.1, -0.05) is 18.2 Å². The maximum absolute atomic E-state index is 11.5. The van der Waals surface area contributed by atoms with Gasteiger partial charge in [-0.3, -0.25) is 4.79 Å². The Hall–Kier alpha value is -1.94. The molecular weight excluding hydrogens is 282 g/mol. The molecule has 0 aliphatic carbocycles. The lowest BCUT2D eigenvalue weighted by atomic mass is 10.1. The monoisotopic (exact) mass is 301 g/mol. The van der Waals surface area contributed by atoms with Crippen LogP contribution in [0.5, 0.6) is 5.75 Å². The lowest BCUT2D eigenvalue weighted by Gasteiger charge is -2.10. The molecule has 0 amide bonds. The molecule has 110 valence electrons. The van der Waals surface area contributed by atoms with Crippen molar-refractivity contribution in [1.29, 1.82) is 0 Å². The largest absolute Gasteiger partial charge is 0.492 e. The smallest absolute Gasteiger partial charge is 0.163 e. The Morgan fingerprint density at radius 3 is 2.76 bits per heavy atom. The van der Waals surface area contributed by atoms with Crippen LogP contribution in [-0.4, -0.2) is 18.1 Å². The SMILES string of the molecule is CC(=O)c1ccccc1OCCSc1cc(C)ccc1N. The van der Waals surface area contributed by atoms with Gasteiger partial charge in [-0.05, 0) is 43.7 Å². The van der Waals surface area contributed by atoms with E-state index in [1.54, 1.807) is 24.8 Å². The first kappa shape index (κ1) is 15.4. The number of nitrogen functional groups attached to an aromatic ring is 1. The zero-order valence-corrected chi connectivity index (χ0v) is 13.1. The van der Waals surface area contributed by atoms with E-state index in [-0.39, 0.29) is 5.78 Å². The van der Waals surface area contributed by atoms with Crippen LogP contribution in [-0.2, 0) is 0 Å². The van der Waals surface area contributed by atoms with E-state index in [2.05, 4.69) is 6.07 Å². The van der Waals surface area contributed by atoms with Crippen molar-refractivity contribution in [2.24, 2.45) is 0 Å². The fourth-order valence-corrected chi connectivity index (χ4v) is 2.84. The van der Waals surface area contributed by atoms with Crippen LogP contribution in [0, 0.1) is 6.92 Å². The minimum atomic E-state index is 0.0150. The van der Waals surface area contributed by atoms with Crippen molar-refractivity contribution in [3.8, 4) is 5.75 Å². The van der Waals surface area contributed by atoms with E-state index < -0.39 is 0 Å². The van der Waals surface area contributed by atoms with Crippen LogP contribution in [0.4, 0.5) is 5.69 Å². The van der Waals surface area contributed by atoms with Crippen LogP contribution >= 0.6 is 11.8 Å². The van der Waals surface area contributed by atoms with E-state index >= 15 is 0 Å². The number of ether oxygens (including phenoxy) is 1. The van der Waals surface area contributed by atoms with Crippen molar-refractivity contribution in [1.82, 2.24) is 0 Å². The molecule has 0 aliphatic heterocycles. The molecule has 2 N–H and O–H groups in total. The third-order valence-electron chi connectivity index (χ3n) is 3.03. The quantitative estimate of drug-likeness (QED) is 0.380. The Morgan fingerprint density at radius 2 is 2.00 bits per heavy atom. The zero-order chi connectivity index (χ0) is 15.2. The topological polar surface area (TPSA) is 52.3 Å². The average Bonchev–Trinajstić information content (AvgIpc) is 2.47. The normalized spacial score (nSPS) is 10.4. The number of para-hydroxylation sites is 1. The lowest BCUT2D eigenvalue weighted by Crippen LogP contribution is -2.04. The van der Waals surface area contributed by atoms with Gasteiger partial charge in [0.15, 0.2) is 5.78 Å². The lowest BCUT2D eigenvalue weighted by molar-refractivity contribution is 0.101. The molecule has 3 nitrogen and oxygen atoms in total. The summed E-state index contributed by atoms with van der Waals surface area (Å²) in [5.41, 5.74) is 8.54. The summed E-state index contributed by atoms with van der Waals surface area (Å²) in [6.07, 6.45) is 0. The summed E-state index contributed by atoms with van der Waals surface area (Å²) in [7, 11) is 0. The van der Waals surface area contributed by atoms with Crippen LogP contribution in [0.25, 0.3) is 0 Å². The molecule has 0 aromatic heterocycles. The van der Waals surface area contributed by atoms with E-state index in [0.717, 1.165) is 16.3 Å². The molecule has 0 saturated carbocycles. The maximum Gasteiger partial charge on any atom is 0.163 e. The Labute approximate surface area is 129 Å². The number of hydrogen-bond donors (Lipinski definition) is 1. The predicted molar refractivity (Wildman–Crippen MR) is 88.3 cm³/mol. The first-order chi connectivity index (χ1) is 10.1. The summed E-state index contributed by atoms with van der Waals surface area (Å²) in [4.78, 5) is 12.6. The Balaban J connectivity index is 1.91. The van der Waals surface area contributed by atoms with Crippen molar-refractivity contribution in [2.45, 2.75) is 18.7 Å². The number of benzene rings is 2. The van der Waals surface area contributed by atoms with E-state index in [4.69, 9.17) is 10.5 Å². The van der Waals surface area contributed by atoms with Gasteiger partial charge in [0.2, 0.25) is 0 Å². The highest BCUT2D eigenvalue weighted by Crippen LogP contribution is 2.26. The van der Waals surface area contributed by atoms with Crippen molar-refractivity contribution < 1.29 is 9.53 Å². The van der Waals surface area contributed by atoms with Crippen LogP contribution in [0.2, 0.25) is 0 Å². The van der Waals surface area contributed by atoms with Gasteiger partial charge in [-0.25, -0.2) is 0 Å². The first-order valence-electron chi connectivity index (χ1n) is 6.79. The number of carbonyl (C=O) groups excluding carboxylic acids is 1. The number of rotatable bonds is 6. The second-order valence-electron chi connectivity index (χ2n) is 4.79. The molecule has 2 aromatic rings. The van der Waals surface area contributed by atoms with Gasteiger partial charge in [0, 0.05) is 16.3 Å². The molecule has 21 heavy (non-hydrogen) atoms. The summed E-state index contributed by atoms with van der Waals surface area (Å²) in [5, 5.41) is 0. The molecule has 0 aliphatic rings. The van der Waals surface area contributed by atoms with Gasteiger partial charge in [0.25, 0.3) is 0 Å². The summed E-state index contributed by atoms with van der Waals surface area (Å²) in [6, 6.07) is 13.3. The van der Waals surface area contributed by atoms with Crippen molar-refractivity contribution >= 4 is 23.2 Å². The van der Waals surface area contributed by atoms with Crippen LogP contribution in [0.1, 0.15) is 22.8 Å². The fourth-order valence-electron chi connectivity index (χ4n) is 1.95. The Morgan fingerprint density at radius 1 is 1.24 bits per heavy atom. The number of carbonyl (C=O) groups is 1. The summed E-state index contributed by atoms with van der Waals surface area (Å²) in [6.45, 7) is 4.12. The minimum Gasteiger partial charge on any atom is -0.492 e. The molecule has 0 unspecified atom stereocenters. The van der Waals surface area contributed by atoms with Gasteiger partial charge in [-0.2, -0.15) is 0 Å². The van der Waals surface area contributed by atoms with Crippen LogP contribution in [0.15, 0.2) is 47.4 Å². The highest BCUT2D eigenvalue weighted by atomic mass is 32.2. The zero-order valence-electron chi connectivity index (χ0n) is 12.3. The number of anilines is 1. The summed E-state index contributed by atoms with van der Waals surface area (Å²) >= 11 is 1.66. The molecular formula is C17H19NO2S. The molecule has 0 atom stereocenters. The molecule has 0 bridgehead atoms. The van der Waals surface area contributed by atoms with Gasteiger partial charge < -0.3 is 10.5 Å². The van der Waals surface area contributed by atoms with Crippen LogP contribution in [0.3, 0.4) is 0 Å². The summed E-state index contributed by atoms with van der Waals surface area (Å²) < 4.78 is 5.71. The number of thioether (sulfide) groups is 1. The molecule has 0 radical (unpaired) electrons. The number of nitrogens with two attached hydrogens (primary N) is 1. The highest BCUT2D eigenvalue weighted by molar-refractivity contribution is 7.99. The molecule has 0 saturated heterocycles. The Bertz CT molecular complexity index is 640.